The fourth-order valence-corrected chi connectivity index (χ4v) is 7.18. The summed E-state index contributed by atoms with van der Waals surface area (Å²) in [6.07, 6.45) is 7.31. The predicted molar refractivity (Wildman–Crippen MR) is 171 cm³/mol. The molecule has 4 aromatic rings. The Kier molecular flexibility index (Phi) is 7.45. The second kappa shape index (κ2) is 11.3. The van der Waals surface area contributed by atoms with Crippen molar-refractivity contribution < 1.29 is 13.9 Å². The monoisotopic (exact) mass is 617 g/mol. The second-order valence-electron chi connectivity index (χ2n) is 12.5. The van der Waals surface area contributed by atoms with Crippen LogP contribution in [0.25, 0.3) is 32.9 Å². The number of likely N-dealkylation sites (tertiary alicyclic amines) is 1. The highest BCUT2D eigenvalue weighted by Crippen LogP contribution is 2.43. The predicted octanol–water partition coefficient (Wildman–Crippen LogP) is 5.89. The summed E-state index contributed by atoms with van der Waals surface area (Å²) >= 11 is 6.93. The lowest BCUT2D eigenvalue weighted by atomic mass is 9.96. The molecule has 0 radical (unpaired) electrons. The molecular weight excluding hydrogens is 581 g/mol. The van der Waals surface area contributed by atoms with E-state index in [0.29, 0.717) is 35.4 Å². The topological polar surface area (TPSA) is 90.5 Å². The molecule has 2 aromatic heterocycles. The molecule has 9 nitrogen and oxygen atoms in total. The number of fused-ring (bicyclic) bond motifs is 2. The normalized spacial score (nSPS) is 21.8. The zero-order chi connectivity index (χ0) is 30.7. The van der Waals surface area contributed by atoms with E-state index < -0.39 is 5.82 Å². The van der Waals surface area contributed by atoms with Crippen LogP contribution in [0.1, 0.15) is 45.1 Å². The van der Waals surface area contributed by atoms with Gasteiger partial charge in [-0.3, -0.25) is 9.89 Å². The molecule has 2 atom stereocenters. The Balaban J connectivity index is 1.34. The number of rotatable bonds is 6. The number of halogens is 2. The summed E-state index contributed by atoms with van der Waals surface area (Å²) in [5, 5.41) is 8.83. The van der Waals surface area contributed by atoms with Crippen LogP contribution in [-0.2, 0) is 4.79 Å². The molecule has 11 heteroatoms. The molecule has 230 valence electrons. The Morgan fingerprint density at radius 3 is 2.61 bits per heavy atom. The number of aromatic nitrogens is 4. The molecule has 2 aromatic carbocycles. The fourth-order valence-electron chi connectivity index (χ4n) is 6.89. The van der Waals surface area contributed by atoms with Gasteiger partial charge in [-0.05, 0) is 64.2 Å². The quantitative estimate of drug-likeness (QED) is 0.270. The molecular formula is C33H37ClFN7O2. The van der Waals surface area contributed by atoms with Crippen LogP contribution in [0.15, 0.2) is 37.1 Å². The fraction of sp³-hybridized carbons (Fsp3) is 0.455. The number of hydrogen-bond donors (Lipinski definition) is 1. The minimum Gasteiger partial charge on any atom is -0.460 e. The van der Waals surface area contributed by atoms with Gasteiger partial charge in [-0.15, -0.1) is 0 Å². The lowest BCUT2D eigenvalue weighted by Crippen LogP contribution is -2.58. The van der Waals surface area contributed by atoms with Crippen molar-refractivity contribution in [2.45, 2.75) is 70.7 Å². The number of nitrogens with zero attached hydrogens (tertiary/aromatic N) is 6. The average molecular weight is 618 g/mol. The number of amides is 1. The van der Waals surface area contributed by atoms with E-state index in [1.807, 2.05) is 37.8 Å². The van der Waals surface area contributed by atoms with E-state index in [2.05, 4.69) is 26.6 Å². The van der Waals surface area contributed by atoms with Crippen LogP contribution in [0, 0.1) is 12.7 Å². The molecule has 1 N–H and O–H groups in total. The first-order valence-corrected chi connectivity index (χ1v) is 15.8. The number of benzene rings is 2. The van der Waals surface area contributed by atoms with Crippen molar-refractivity contribution in [3.63, 3.8) is 0 Å². The second-order valence-corrected chi connectivity index (χ2v) is 12.9. The number of H-pyrrole nitrogens is 1. The van der Waals surface area contributed by atoms with Crippen molar-refractivity contribution in [3.8, 4) is 17.1 Å². The molecule has 1 aliphatic carbocycles. The maximum atomic E-state index is 16.9. The molecule has 4 heterocycles. The zero-order valence-corrected chi connectivity index (χ0v) is 26.1. The molecule has 2 saturated heterocycles. The van der Waals surface area contributed by atoms with Crippen LogP contribution in [0.2, 0.25) is 5.02 Å². The van der Waals surface area contributed by atoms with Gasteiger partial charge in [0, 0.05) is 66.2 Å². The van der Waals surface area contributed by atoms with E-state index in [-0.39, 0.29) is 46.2 Å². The van der Waals surface area contributed by atoms with Crippen LogP contribution in [0.5, 0.6) is 6.01 Å². The lowest BCUT2D eigenvalue weighted by molar-refractivity contribution is -0.128. The van der Waals surface area contributed by atoms with Crippen LogP contribution >= 0.6 is 11.6 Å². The maximum Gasteiger partial charge on any atom is 0.319 e. The van der Waals surface area contributed by atoms with Gasteiger partial charge in [0.15, 0.2) is 5.82 Å². The third kappa shape index (κ3) is 5.07. The van der Waals surface area contributed by atoms with E-state index in [4.69, 9.17) is 26.3 Å². The zero-order valence-electron chi connectivity index (χ0n) is 25.3. The summed E-state index contributed by atoms with van der Waals surface area (Å²) in [4.78, 5) is 28.6. The number of hydrogen-bond acceptors (Lipinski definition) is 7. The van der Waals surface area contributed by atoms with Crippen molar-refractivity contribution in [3.05, 3.63) is 53.5 Å². The Morgan fingerprint density at radius 1 is 1.11 bits per heavy atom. The summed E-state index contributed by atoms with van der Waals surface area (Å²) < 4.78 is 23.3. The van der Waals surface area contributed by atoms with Gasteiger partial charge in [-0.25, -0.2) is 4.39 Å². The van der Waals surface area contributed by atoms with E-state index >= 15 is 4.39 Å². The summed E-state index contributed by atoms with van der Waals surface area (Å²) in [7, 11) is 0. The van der Waals surface area contributed by atoms with E-state index in [1.54, 1.807) is 12.3 Å². The SMILES string of the molecule is C=CC(=O)N1C[C@H](C)N(c2nc(OC3CCN(C4CC4)CC3)nc3c(F)c(-c4c(C)ccc5cn[nH]c45)c(Cl)cc23)C[C@H]1C. The molecule has 0 unspecified atom stereocenters. The number of piperidine rings is 1. The third-order valence-corrected chi connectivity index (χ3v) is 9.74. The van der Waals surface area contributed by atoms with Crippen LogP contribution in [-0.4, -0.2) is 86.3 Å². The summed E-state index contributed by atoms with van der Waals surface area (Å²) in [6, 6.07) is 6.30. The first-order valence-electron chi connectivity index (χ1n) is 15.5. The summed E-state index contributed by atoms with van der Waals surface area (Å²) in [5.74, 6) is -0.0922. The number of aryl methyl sites for hydroxylation is 1. The number of carbonyl (C=O) groups is 1. The Morgan fingerprint density at radius 2 is 1.89 bits per heavy atom. The smallest absolute Gasteiger partial charge is 0.319 e. The number of nitrogens with one attached hydrogen (secondary N) is 1. The largest absolute Gasteiger partial charge is 0.460 e. The highest BCUT2D eigenvalue weighted by atomic mass is 35.5. The molecule has 44 heavy (non-hydrogen) atoms. The highest BCUT2D eigenvalue weighted by molar-refractivity contribution is 6.35. The molecule has 7 rings (SSSR count). The van der Waals surface area contributed by atoms with E-state index in [9.17, 15) is 4.79 Å². The first kappa shape index (κ1) is 29.0. The summed E-state index contributed by atoms with van der Waals surface area (Å²) in [6.45, 7) is 12.5. The highest BCUT2D eigenvalue weighted by Gasteiger charge is 2.35. The number of piperazine rings is 1. The van der Waals surface area contributed by atoms with Crippen LogP contribution in [0.3, 0.4) is 0 Å². The van der Waals surface area contributed by atoms with Gasteiger partial charge in [0.1, 0.15) is 17.4 Å². The van der Waals surface area contributed by atoms with Gasteiger partial charge in [-0.1, -0.05) is 30.3 Å². The van der Waals surface area contributed by atoms with Gasteiger partial charge < -0.3 is 19.4 Å². The number of aromatic amines is 1. The molecule has 3 aliphatic rings. The molecule has 2 aliphatic heterocycles. The van der Waals surface area contributed by atoms with Crippen molar-refractivity contribution in [1.82, 2.24) is 30.0 Å². The van der Waals surface area contributed by atoms with Crippen molar-refractivity contribution in [1.29, 1.82) is 0 Å². The minimum atomic E-state index is -0.532. The van der Waals surface area contributed by atoms with Crippen molar-refractivity contribution >= 4 is 45.1 Å². The number of anilines is 1. The van der Waals surface area contributed by atoms with Gasteiger partial charge in [0.05, 0.1) is 16.7 Å². The van der Waals surface area contributed by atoms with Gasteiger partial charge >= 0.3 is 6.01 Å². The maximum absolute atomic E-state index is 16.9. The van der Waals surface area contributed by atoms with E-state index in [1.165, 1.54) is 18.9 Å². The molecule has 0 bridgehead atoms. The molecule has 1 saturated carbocycles. The summed E-state index contributed by atoms with van der Waals surface area (Å²) in [5.41, 5.74) is 2.64. The molecule has 3 fully saturated rings. The van der Waals surface area contributed by atoms with Gasteiger partial charge in [0.25, 0.3) is 0 Å². The lowest BCUT2D eigenvalue weighted by Gasteiger charge is -2.44. The third-order valence-electron chi connectivity index (χ3n) is 9.45. The van der Waals surface area contributed by atoms with Crippen LogP contribution < -0.4 is 9.64 Å². The Hall–Kier alpha value is -3.76. The number of ether oxygens (including phenoxy) is 1. The molecule has 0 spiro atoms. The van der Waals surface area contributed by atoms with Crippen molar-refractivity contribution in [2.75, 3.05) is 31.1 Å². The Labute approximate surface area is 261 Å². The molecule has 1 amide bonds. The first-order chi connectivity index (χ1) is 21.2. The minimum absolute atomic E-state index is 0.0514. The van der Waals surface area contributed by atoms with Gasteiger partial charge in [0.2, 0.25) is 5.91 Å². The van der Waals surface area contributed by atoms with Crippen LogP contribution in [0.4, 0.5) is 10.2 Å². The number of carbonyl (C=O) groups excluding carboxylic acids is 1. The standard InChI is InChI=1S/C33H37ClFN7O2/c1-5-26(43)41-16-20(4)42(17-19(41)3)32-24-14-25(34)28(27-18(2)6-7-21-15-36-39-30(21)27)29(35)31(24)37-33(38-32)44-23-10-12-40(13-11-23)22-8-9-22/h5-7,14-15,19-20,22-23H,1,8-13,16-17H2,2-4H3,(H,36,39)/t19-,20+/m1/s1. The average Bonchev–Trinajstić information content (AvgIpc) is 3.76. The van der Waals surface area contributed by atoms with Crippen molar-refractivity contribution in [2.24, 2.45) is 0 Å². The Bertz CT molecular complexity index is 1760. The van der Waals surface area contributed by atoms with Gasteiger partial charge in [-0.2, -0.15) is 15.1 Å². The van der Waals surface area contributed by atoms with E-state index in [0.717, 1.165) is 42.9 Å².